The van der Waals surface area contributed by atoms with Crippen molar-refractivity contribution >= 4 is 17.4 Å². The van der Waals surface area contributed by atoms with Gasteiger partial charge in [-0.05, 0) is 24.3 Å². The molecule has 6 nitrogen and oxygen atoms in total. The first-order valence-corrected chi connectivity index (χ1v) is 7.79. The van der Waals surface area contributed by atoms with Gasteiger partial charge in [-0.1, -0.05) is 12.1 Å². The van der Waals surface area contributed by atoms with E-state index < -0.39 is 17.9 Å². The van der Waals surface area contributed by atoms with E-state index in [-0.39, 0.29) is 18.7 Å². The van der Waals surface area contributed by atoms with Crippen molar-refractivity contribution in [2.45, 2.75) is 24.8 Å². The highest BCUT2D eigenvalue weighted by Crippen LogP contribution is 2.37. The first-order valence-electron chi connectivity index (χ1n) is 7.79. The second-order valence-electron chi connectivity index (χ2n) is 6.06. The summed E-state index contributed by atoms with van der Waals surface area (Å²) < 4.78 is 19.8. The third kappa shape index (κ3) is 2.33. The molecule has 0 radical (unpaired) electrons. The molecule has 2 atom stereocenters. The van der Waals surface area contributed by atoms with Crippen molar-refractivity contribution in [1.29, 1.82) is 0 Å². The Labute approximate surface area is 138 Å². The Morgan fingerprint density at radius 1 is 1.38 bits per heavy atom. The monoisotopic (exact) mass is 328 g/mol. The minimum absolute atomic E-state index is 0.0362. The Kier molecular flexibility index (Phi) is 3.30. The quantitative estimate of drug-likeness (QED) is 0.787. The lowest BCUT2D eigenvalue weighted by Gasteiger charge is -2.44. The van der Waals surface area contributed by atoms with Crippen LogP contribution in [0.3, 0.4) is 0 Å². The number of fused-ring (bicyclic) bond motifs is 1. The van der Waals surface area contributed by atoms with Crippen LogP contribution < -0.4 is 11.1 Å². The van der Waals surface area contributed by atoms with Crippen LogP contribution >= 0.6 is 0 Å². The molecule has 1 saturated heterocycles. The van der Waals surface area contributed by atoms with Crippen molar-refractivity contribution in [3.8, 4) is 0 Å². The first kappa shape index (κ1) is 14.7. The number of hydrogen-bond donors (Lipinski definition) is 2. The number of furan rings is 1. The number of aliphatic imine (C=N–C) groups is 1. The number of amidine groups is 1. The highest BCUT2D eigenvalue weighted by Gasteiger charge is 2.44. The molecule has 1 fully saturated rings. The van der Waals surface area contributed by atoms with Crippen LogP contribution in [0.25, 0.3) is 0 Å². The summed E-state index contributed by atoms with van der Waals surface area (Å²) in [5.74, 6) is 0.0800. The summed E-state index contributed by atoms with van der Waals surface area (Å²) in [5.41, 5.74) is 6.89. The van der Waals surface area contributed by atoms with Crippen LogP contribution in [0.2, 0.25) is 0 Å². The van der Waals surface area contributed by atoms with E-state index in [2.05, 4.69) is 10.3 Å². The van der Waals surface area contributed by atoms with Crippen LogP contribution in [0.15, 0.2) is 52.1 Å². The zero-order valence-corrected chi connectivity index (χ0v) is 12.9. The number of nitrogens with zero attached hydrogens (tertiary/aromatic N) is 2. The van der Waals surface area contributed by atoms with Crippen LogP contribution in [0.4, 0.5) is 10.1 Å². The van der Waals surface area contributed by atoms with Crippen molar-refractivity contribution in [2.24, 2.45) is 10.7 Å². The van der Waals surface area contributed by atoms with Gasteiger partial charge >= 0.3 is 0 Å². The van der Waals surface area contributed by atoms with E-state index in [1.165, 1.54) is 17.2 Å². The maximum atomic E-state index is 14.7. The number of anilines is 1. The molecule has 3 N–H and O–H groups in total. The lowest BCUT2D eigenvalue weighted by Crippen LogP contribution is -2.55. The Balaban J connectivity index is 1.57. The number of carbonyl (C=O) groups is 1. The van der Waals surface area contributed by atoms with Crippen LogP contribution in [0, 0.1) is 0 Å². The molecule has 1 aromatic heterocycles. The smallest absolute Gasteiger partial charge is 0.291 e. The molecular formula is C17H17FN4O2. The van der Waals surface area contributed by atoms with Gasteiger partial charge in [0.05, 0.1) is 6.26 Å². The topological polar surface area (TPSA) is 83.9 Å². The summed E-state index contributed by atoms with van der Waals surface area (Å²) in [7, 11) is 0. The molecule has 24 heavy (non-hydrogen) atoms. The van der Waals surface area contributed by atoms with Crippen LogP contribution in [-0.4, -0.2) is 35.1 Å². The number of likely N-dealkylation sites (tertiary alicyclic amines) is 1. The Bertz CT molecular complexity index is 805. The molecule has 0 aliphatic carbocycles. The largest absolute Gasteiger partial charge is 0.459 e. The van der Waals surface area contributed by atoms with E-state index in [0.29, 0.717) is 12.3 Å². The number of benzene rings is 1. The summed E-state index contributed by atoms with van der Waals surface area (Å²) >= 11 is 0. The Hall–Kier alpha value is -2.83. The van der Waals surface area contributed by atoms with Crippen LogP contribution in [-0.2, 0) is 0 Å². The lowest BCUT2D eigenvalue weighted by atomic mass is 9.93. The second-order valence-corrected chi connectivity index (χ2v) is 6.06. The first-order chi connectivity index (χ1) is 11.6. The third-order valence-corrected chi connectivity index (χ3v) is 4.51. The van der Waals surface area contributed by atoms with Gasteiger partial charge in [0.15, 0.2) is 12.1 Å². The standard InChI is InChI=1S/C17H17FN4O2/c18-14-10-17(7-8-22(14)16(23)13-6-3-9-24-13)20-12-5-2-1-4-11(12)15(19)21-17/h1-6,9,14,20H,7-8,10H2,(H2,19,21). The highest BCUT2D eigenvalue weighted by atomic mass is 19.1. The van der Waals surface area contributed by atoms with Gasteiger partial charge in [-0.2, -0.15) is 0 Å². The molecule has 7 heteroatoms. The number of alkyl halides is 1. The van der Waals surface area contributed by atoms with Crippen molar-refractivity contribution in [3.05, 3.63) is 54.0 Å². The van der Waals surface area contributed by atoms with Gasteiger partial charge < -0.3 is 20.4 Å². The third-order valence-electron chi connectivity index (χ3n) is 4.51. The molecule has 2 aliphatic heterocycles. The van der Waals surface area contributed by atoms with Gasteiger partial charge in [-0.3, -0.25) is 4.79 Å². The fourth-order valence-corrected chi connectivity index (χ4v) is 3.31. The maximum absolute atomic E-state index is 14.7. The molecule has 1 spiro atoms. The van der Waals surface area contributed by atoms with Gasteiger partial charge in [0, 0.05) is 30.6 Å². The van der Waals surface area contributed by atoms with Gasteiger partial charge in [-0.15, -0.1) is 0 Å². The fourth-order valence-electron chi connectivity index (χ4n) is 3.31. The van der Waals surface area contributed by atoms with Crippen molar-refractivity contribution in [3.63, 3.8) is 0 Å². The van der Waals surface area contributed by atoms with E-state index in [9.17, 15) is 9.18 Å². The molecule has 2 aliphatic rings. The number of hydrogen-bond acceptors (Lipinski definition) is 5. The van der Waals surface area contributed by atoms with Crippen LogP contribution in [0.1, 0.15) is 29.0 Å². The predicted molar refractivity (Wildman–Crippen MR) is 87.4 cm³/mol. The van der Waals surface area contributed by atoms with Crippen molar-refractivity contribution in [2.75, 3.05) is 11.9 Å². The summed E-state index contributed by atoms with van der Waals surface area (Å²) in [4.78, 5) is 18.0. The number of piperidine rings is 1. The minimum atomic E-state index is -1.47. The van der Waals surface area contributed by atoms with Crippen LogP contribution in [0.5, 0.6) is 0 Å². The Morgan fingerprint density at radius 2 is 2.21 bits per heavy atom. The molecular weight excluding hydrogens is 311 g/mol. The number of nitrogens with one attached hydrogen (secondary N) is 1. The van der Waals surface area contributed by atoms with Crippen molar-refractivity contribution < 1.29 is 13.6 Å². The average Bonchev–Trinajstić information content (AvgIpc) is 3.09. The minimum Gasteiger partial charge on any atom is -0.459 e. The fraction of sp³-hybridized carbons (Fsp3) is 0.294. The van der Waals surface area contributed by atoms with E-state index in [1.807, 2.05) is 24.3 Å². The zero-order chi connectivity index (χ0) is 16.7. The van der Waals surface area contributed by atoms with E-state index in [0.717, 1.165) is 11.3 Å². The molecule has 4 rings (SSSR count). The summed E-state index contributed by atoms with van der Waals surface area (Å²) in [6.45, 7) is 0.229. The summed E-state index contributed by atoms with van der Waals surface area (Å²) in [6.07, 6.45) is 0.436. The zero-order valence-electron chi connectivity index (χ0n) is 12.9. The number of carbonyl (C=O) groups excluding carboxylic acids is 1. The Morgan fingerprint density at radius 3 is 2.96 bits per heavy atom. The average molecular weight is 328 g/mol. The van der Waals surface area contributed by atoms with Gasteiger partial charge in [0.2, 0.25) is 0 Å². The maximum Gasteiger partial charge on any atom is 0.291 e. The predicted octanol–water partition coefficient (Wildman–Crippen LogP) is 2.34. The van der Waals surface area contributed by atoms with E-state index in [4.69, 9.17) is 10.2 Å². The molecule has 124 valence electrons. The number of amides is 1. The number of rotatable bonds is 1. The lowest BCUT2D eigenvalue weighted by molar-refractivity contribution is 0.0151. The number of nitrogens with two attached hydrogens (primary N) is 1. The number of para-hydroxylation sites is 1. The highest BCUT2D eigenvalue weighted by molar-refractivity contribution is 6.04. The summed E-state index contributed by atoms with van der Waals surface area (Å²) in [5, 5.41) is 3.30. The molecule has 1 aromatic carbocycles. The molecule has 2 aromatic rings. The number of halogens is 1. The van der Waals surface area contributed by atoms with E-state index >= 15 is 0 Å². The molecule has 3 heterocycles. The van der Waals surface area contributed by atoms with Gasteiger partial charge in [0.1, 0.15) is 11.5 Å². The van der Waals surface area contributed by atoms with Gasteiger partial charge in [0.25, 0.3) is 5.91 Å². The van der Waals surface area contributed by atoms with Crippen molar-refractivity contribution in [1.82, 2.24) is 4.90 Å². The SMILES string of the molecule is NC1=NC2(CCN(C(=O)c3ccco3)C(F)C2)Nc2ccccc21. The molecule has 0 bridgehead atoms. The summed E-state index contributed by atoms with van der Waals surface area (Å²) in [6, 6.07) is 10.7. The van der Waals surface area contributed by atoms with Gasteiger partial charge in [-0.25, -0.2) is 9.38 Å². The second kappa shape index (κ2) is 5.36. The van der Waals surface area contributed by atoms with E-state index in [1.54, 1.807) is 6.07 Å². The molecule has 2 unspecified atom stereocenters. The molecule has 0 saturated carbocycles. The molecule has 1 amide bonds. The normalized spacial score (nSPS) is 25.8.